The molecule has 73 heavy (non-hydrogen) atoms. The maximum Gasteiger partial charge on any atom is 0.419 e. The molecule has 392 valence electrons. The van der Waals surface area contributed by atoms with E-state index in [0.717, 1.165) is 86.8 Å². The number of rotatable bonds is 17. The van der Waals surface area contributed by atoms with Gasteiger partial charge in [-0.3, -0.25) is 14.9 Å². The molecule has 2 fully saturated rings. The van der Waals surface area contributed by atoms with Crippen LogP contribution in [0.1, 0.15) is 85.3 Å². The molecule has 0 aliphatic carbocycles. The van der Waals surface area contributed by atoms with Crippen LogP contribution in [0.5, 0.6) is 11.5 Å². The van der Waals surface area contributed by atoms with E-state index in [2.05, 4.69) is 60.6 Å². The Morgan fingerprint density at radius 3 is 1.40 bits per heavy atom. The Morgan fingerprint density at radius 2 is 0.986 bits per heavy atom. The molecule has 3 N–H and O–H groups in total. The molecule has 2 aliphatic rings. The molecular weight excluding hydrogens is 1020 g/mol. The summed E-state index contributed by atoms with van der Waals surface area (Å²) >= 11 is 3.08. The lowest BCUT2D eigenvalue weighted by Gasteiger charge is -2.40. The zero-order valence-electron chi connectivity index (χ0n) is 41.0. The van der Waals surface area contributed by atoms with Gasteiger partial charge in [0, 0.05) is 37.4 Å². The van der Waals surface area contributed by atoms with Crippen molar-refractivity contribution in [2.75, 3.05) is 64.4 Å². The fraction of sp³-hybridized carbons (Fsp3) is 0.393. The highest BCUT2D eigenvalue weighted by atomic mass is 79.9. The van der Waals surface area contributed by atoms with Gasteiger partial charge in [-0.1, -0.05) is 90.4 Å². The second-order valence-electron chi connectivity index (χ2n) is 18.8. The molecule has 6 aromatic rings. The molecule has 4 heterocycles. The molecule has 4 aromatic carbocycles. The number of para-hydroxylation sites is 2. The SMILES string of the molecule is CC1(CNC(c2ccc(F)cc2)c2ccccn2)CCN(CCOc2ccccc2C(F)(F)F)CC1.CC1(CNC(c2ccc(F)cc2)c2ccccn2)CCNCC1.FC(F)(F)c1ccccc1OCCBr. The van der Waals surface area contributed by atoms with Gasteiger partial charge in [0.2, 0.25) is 0 Å². The van der Waals surface area contributed by atoms with Gasteiger partial charge in [0.15, 0.2) is 0 Å². The van der Waals surface area contributed by atoms with Crippen molar-refractivity contribution in [1.29, 1.82) is 0 Å². The third-order valence-electron chi connectivity index (χ3n) is 13.1. The van der Waals surface area contributed by atoms with Crippen LogP contribution in [0.15, 0.2) is 146 Å². The predicted octanol–water partition coefficient (Wildman–Crippen LogP) is 12.9. The highest BCUT2D eigenvalue weighted by Crippen LogP contribution is 2.38. The maximum atomic E-state index is 13.5. The van der Waals surface area contributed by atoms with Crippen molar-refractivity contribution in [1.82, 2.24) is 30.8 Å². The van der Waals surface area contributed by atoms with Gasteiger partial charge in [0.1, 0.15) is 29.7 Å². The predicted molar refractivity (Wildman–Crippen MR) is 273 cm³/mol. The Balaban J connectivity index is 0.000000200. The van der Waals surface area contributed by atoms with Crippen molar-refractivity contribution < 1.29 is 44.6 Å². The Hall–Kier alpha value is -5.46. The molecule has 0 amide bonds. The van der Waals surface area contributed by atoms with Gasteiger partial charge < -0.3 is 25.4 Å². The van der Waals surface area contributed by atoms with Crippen LogP contribution >= 0.6 is 15.9 Å². The first kappa shape index (κ1) is 56.8. The van der Waals surface area contributed by atoms with Crippen molar-refractivity contribution >= 4 is 15.9 Å². The number of piperidine rings is 2. The Bertz CT molecular complexity index is 2530. The summed E-state index contributed by atoms with van der Waals surface area (Å²) in [5, 5.41) is 11.2. The van der Waals surface area contributed by atoms with E-state index < -0.39 is 23.5 Å². The van der Waals surface area contributed by atoms with E-state index in [9.17, 15) is 35.1 Å². The number of nitrogens with zero attached hydrogens (tertiary/aromatic N) is 3. The average molecular weight is 1080 g/mol. The van der Waals surface area contributed by atoms with Gasteiger partial charge in [-0.05, 0) is 147 Å². The lowest BCUT2D eigenvalue weighted by atomic mass is 9.80. The summed E-state index contributed by atoms with van der Waals surface area (Å²) < 4.78 is 114. The molecule has 0 radical (unpaired) electrons. The number of halogens is 9. The van der Waals surface area contributed by atoms with Crippen molar-refractivity contribution in [3.63, 3.8) is 0 Å². The van der Waals surface area contributed by atoms with Gasteiger partial charge in [-0.15, -0.1) is 0 Å². The normalized spacial score (nSPS) is 16.4. The minimum absolute atomic E-state index is 0.0106. The van der Waals surface area contributed by atoms with Crippen LogP contribution in [-0.2, 0) is 12.4 Å². The maximum absolute atomic E-state index is 13.5. The Kier molecular flexibility index (Phi) is 21.2. The first-order valence-corrected chi connectivity index (χ1v) is 25.4. The van der Waals surface area contributed by atoms with Crippen LogP contribution in [0, 0.1) is 22.5 Å². The number of likely N-dealkylation sites (tertiary alicyclic amines) is 1. The third-order valence-corrected chi connectivity index (χ3v) is 13.4. The summed E-state index contributed by atoms with van der Waals surface area (Å²) in [5.74, 6) is -0.737. The molecule has 2 atom stereocenters. The number of ether oxygens (including phenoxy) is 2. The topological polar surface area (TPSA) is 83.6 Å². The number of pyridine rings is 2. The van der Waals surface area contributed by atoms with Gasteiger partial charge >= 0.3 is 12.4 Å². The molecular formula is C56H63BrF8N6O2. The van der Waals surface area contributed by atoms with Gasteiger partial charge in [0.25, 0.3) is 0 Å². The van der Waals surface area contributed by atoms with Crippen LogP contribution in [0.4, 0.5) is 35.1 Å². The molecule has 0 saturated carbocycles. The second kappa shape index (κ2) is 27.2. The zero-order valence-corrected chi connectivity index (χ0v) is 42.6. The van der Waals surface area contributed by atoms with Crippen molar-refractivity contribution in [2.24, 2.45) is 10.8 Å². The number of aromatic nitrogens is 2. The molecule has 2 unspecified atom stereocenters. The molecule has 8 rings (SSSR count). The Morgan fingerprint density at radius 1 is 0.575 bits per heavy atom. The number of alkyl halides is 7. The monoisotopic (exact) mass is 1080 g/mol. The molecule has 17 heteroatoms. The van der Waals surface area contributed by atoms with E-state index in [-0.39, 0.29) is 59.3 Å². The highest BCUT2D eigenvalue weighted by Gasteiger charge is 2.36. The standard InChI is InChI=1S/C28H31F4N3O.C19H24FN3.C9H8BrF3O/c1-27(20-34-26(24-7-4-5-15-33-24)21-9-11-22(29)12-10-21)13-16-35(17-14-27)18-19-36-25-8-3-2-6-23(25)28(30,31)32;1-19(9-12-21-13-10-19)14-23-18(17-4-2-3-11-22-17)15-5-7-16(20)8-6-15;10-5-6-14-8-4-2-1-3-7(8)9(11,12)13/h2-12,15,26,34H,13-14,16-20H2,1H3;2-8,11,18,21,23H,9-10,12-14H2,1H3;1-4H,5-6H2. The quantitative estimate of drug-likeness (QED) is 0.0616. The zero-order chi connectivity index (χ0) is 52.3. The average Bonchev–Trinajstić information content (AvgIpc) is 3.38. The molecule has 2 saturated heterocycles. The summed E-state index contributed by atoms with van der Waals surface area (Å²) in [6.07, 6.45) is -1.02. The lowest BCUT2D eigenvalue weighted by molar-refractivity contribution is -0.139. The fourth-order valence-electron chi connectivity index (χ4n) is 8.67. The summed E-state index contributed by atoms with van der Waals surface area (Å²) in [7, 11) is 0. The fourth-order valence-corrected chi connectivity index (χ4v) is 8.84. The smallest absolute Gasteiger partial charge is 0.419 e. The number of benzene rings is 4. The van der Waals surface area contributed by atoms with Crippen molar-refractivity contribution in [3.8, 4) is 11.5 Å². The van der Waals surface area contributed by atoms with Gasteiger partial charge in [-0.2, -0.15) is 26.3 Å². The van der Waals surface area contributed by atoms with Crippen LogP contribution < -0.4 is 25.4 Å². The molecule has 2 aliphatic heterocycles. The lowest BCUT2D eigenvalue weighted by Crippen LogP contribution is -2.45. The van der Waals surface area contributed by atoms with E-state index in [4.69, 9.17) is 9.47 Å². The van der Waals surface area contributed by atoms with Crippen LogP contribution in [0.2, 0.25) is 0 Å². The van der Waals surface area contributed by atoms with Gasteiger partial charge in [0.05, 0.1) is 41.2 Å². The Labute approximate surface area is 431 Å². The summed E-state index contributed by atoms with van der Waals surface area (Å²) in [4.78, 5) is 11.2. The van der Waals surface area contributed by atoms with Crippen LogP contribution in [0.3, 0.4) is 0 Å². The minimum atomic E-state index is -4.43. The third kappa shape index (κ3) is 17.9. The van der Waals surface area contributed by atoms with Crippen LogP contribution in [-0.4, -0.2) is 79.2 Å². The first-order valence-electron chi connectivity index (χ1n) is 24.3. The van der Waals surface area contributed by atoms with E-state index in [0.29, 0.717) is 11.9 Å². The van der Waals surface area contributed by atoms with Gasteiger partial charge in [-0.25, -0.2) is 8.78 Å². The number of hydrogen-bond acceptors (Lipinski definition) is 8. The molecule has 0 bridgehead atoms. The van der Waals surface area contributed by atoms with E-state index >= 15 is 0 Å². The van der Waals surface area contributed by atoms with Crippen molar-refractivity contribution in [3.05, 3.63) is 191 Å². The van der Waals surface area contributed by atoms with Crippen LogP contribution in [0.25, 0.3) is 0 Å². The number of nitrogens with one attached hydrogen (secondary N) is 3. The largest absolute Gasteiger partial charge is 0.492 e. The van der Waals surface area contributed by atoms with Crippen molar-refractivity contribution in [2.45, 2.75) is 64.0 Å². The van der Waals surface area contributed by atoms with E-state index in [1.54, 1.807) is 30.6 Å². The summed E-state index contributed by atoms with van der Waals surface area (Å²) in [5.41, 5.74) is 2.70. The van der Waals surface area contributed by atoms with E-state index in [1.165, 1.54) is 67.4 Å². The molecule has 8 nitrogen and oxygen atoms in total. The highest BCUT2D eigenvalue weighted by molar-refractivity contribution is 9.09. The molecule has 0 spiro atoms. The summed E-state index contributed by atoms with van der Waals surface area (Å²) in [6, 6.07) is 35.2. The minimum Gasteiger partial charge on any atom is -0.492 e. The molecule has 2 aromatic heterocycles. The number of hydrogen-bond donors (Lipinski definition) is 3. The first-order chi connectivity index (χ1) is 35.0. The van der Waals surface area contributed by atoms with E-state index in [1.807, 2.05) is 48.5 Å². The summed E-state index contributed by atoms with van der Waals surface area (Å²) in [6.45, 7) is 11.1. The second-order valence-corrected chi connectivity index (χ2v) is 19.6.